The number of carbonyl (C=O) groups excluding carboxylic acids is 1. The maximum atomic E-state index is 11.3. The van der Waals surface area contributed by atoms with Crippen LogP contribution in [-0.4, -0.2) is 50.0 Å². The van der Waals surface area contributed by atoms with Crippen LogP contribution in [0.1, 0.15) is 12.8 Å². The van der Waals surface area contributed by atoms with Gasteiger partial charge in [0, 0.05) is 32.2 Å². The summed E-state index contributed by atoms with van der Waals surface area (Å²) in [4.78, 5) is 11.3. The molecule has 3 N–H and O–H groups in total. The van der Waals surface area contributed by atoms with Crippen LogP contribution in [0.4, 0.5) is 0 Å². The fourth-order valence-corrected chi connectivity index (χ4v) is 1.35. The van der Waals surface area contributed by atoms with E-state index in [2.05, 4.69) is 10.6 Å². The van der Waals surface area contributed by atoms with E-state index in [1.807, 2.05) is 0 Å². The highest BCUT2D eigenvalue weighted by Crippen LogP contribution is 1.97. The monoisotopic (exact) mass is 202 g/mol. The Morgan fingerprint density at radius 3 is 3.14 bits per heavy atom. The smallest absolute Gasteiger partial charge is 0.221 e. The van der Waals surface area contributed by atoms with Crippen molar-refractivity contribution in [3.63, 3.8) is 0 Å². The van der Waals surface area contributed by atoms with E-state index in [0.717, 1.165) is 13.2 Å². The molecule has 1 atom stereocenters. The van der Waals surface area contributed by atoms with E-state index in [0.29, 0.717) is 26.0 Å². The quantitative estimate of drug-likeness (QED) is 0.493. The van der Waals surface area contributed by atoms with Crippen molar-refractivity contribution in [3.05, 3.63) is 0 Å². The molecule has 5 heteroatoms. The number of hydrogen-bond acceptors (Lipinski definition) is 4. The van der Waals surface area contributed by atoms with Crippen molar-refractivity contribution in [1.29, 1.82) is 0 Å². The SMILES string of the molecule is O=C(CC1COCCN1)NCCCO. The predicted octanol–water partition coefficient (Wildman–Crippen LogP) is -1.14. The number of rotatable bonds is 5. The second-order valence-electron chi connectivity index (χ2n) is 3.36. The molecular formula is C9H18N2O3. The fraction of sp³-hybridized carbons (Fsp3) is 0.889. The van der Waals surface area contributed by atoms with Gasteiger partial charge in [0.1, 0.15) is 0 Å². The third-order valence-corrected chi connectivity index (χ3v) is 2.09. The molecule has 0 aromatic heterocycles. The van der Waals surface area contributed by atoms with Gasteiger partial charge in [-0.3, -0.25) is 4.79 Å². The number of nitrogens with one attached hydrogen (secondary N) is 2. The lowest BCUT2D eigenvalue weighted by atomic mass is 10.2. The summed E-state index contributed by atoms with van der Waals surface area (Å²) in [7, 11) is 0. The van der Waals surface area contributed by atoms with Gasteiger partial charge < -0.3 is 20.5 Å². The van der Waals surface area contributed by atoms with Crippen molar-refractivity contribution in [1.82, 2.24) is 10.6 Å². The van der Waals surface area contributed by atoms with E-state index in [4.69, 9.17) is 9.84 Å². The summed E-state index contributed by atoms with van der Waals surface area (Å²) < 4.78 is 5.23. The van der Waals surface area contributed by atoms with Gasteiger partial charge in [0.2, 0.25) is 5.91 Å². The minimum absolute atomic E-state index is 0.0152. The Labute approximate surface area is 83.8 Å². The van der Waals surface area contributed by atoms with Crippen molar-refractivity contribution < 1.29 is 14.6 Å². The lowest BCUT2D eigenvalue weighted by Crippen LogP contribution is -2.44. The molecule has 0 radical (unpaired) electrons. The Morgan fingerprint density at radius 1 is 1.64 bits per heavy atom. The molecule has 1 amide bonds. The first-order valence-electron chi connectivity index (χ1n) is 5.01. The summed E-state index contributed by atoms with van der Waals surface area (Å²) in [5.41, 5.74) is 0. The Morgan fingerprint density at radius 2 is 2.50 bits per heavy atom. The van der Waals surface area contributed by atoms with E-state index in [9.17, 15) is 4.79 Å². The van der Waals surface area contributed by atoms with Gasteiger partial charge in [-0.05, 0) is 6.42 Å². The van der Waals surface area contributed by atoms with Crippen LogP contribution in [0.5, 0.6) is 0 Å². The van der Waals surface area contributed by atoms with Crippen molar-refractivity contribution in [2.45, 2.75) is 18.9 Å². The molecule has 0 bridgehead atoms. The van der Waals surface area contributed by atoms with E-state index >= 15 is 0 Å². The normalized spacial score (nSPS) is 21.9. The minimum Gasteiger partial charge on any atom is -0.396 e. The average molecular weight is 202 g/mol. The molecule has 0 aromatic carbocycles. The number of hydrogen-bond donors (Lipinski definition) is 3. The first kappa shape index (κ1) is 11.4. The molecule has 0 spiro atoms. The van der Waals surface area contributed by atoms with Crippen LogP contribution in [0.25, 0.3) is 0 Å². The van der Waals surface area contributed by atoms with Crippen molar-refractivity contribution in [2.24, 2.45) is 0 Å². The molecule has 1 aliphatic rings. The van der Waals surface area contributed by atoms with Gasteiger partial charge in [0.25, 0.3) is 0 Å². The summed E-state index contributed by atoms with van der Waals surface area (Å²) in [5, 5.41) is 14.5. The highest BCUT2D eigenvalue weighted by Gasteiger charge is 2.16. The Bertz CT molecular complexity index is 169. The molecule has 0 aromatic rings. The van der Waals surface area contributed by atoms with E-state index < -0.39 is 0 Å². The summed E-state index contributed by atoms with van der Waals surface area (Å²) >= 11 is 0. The molecule has 0 aliphatic carbocycles. The van der Waals surface area contributed by atoms with Crippen LogP contribution >= 0.6 is 0 Å². The summed E-state index contributed by atoms with van der Waals surface area (Å²) in [6.07, 6.45) is 1.06. The Kier molecular flexibility index (Phi) is 5.51. The molecule has 1 rings (SSSR count). The lowest BCUT2D eigenvalue weighted by molar-refractivity contribution is -0.122. The molecule has 1 aliphatic heterocycles. The zero-order chi connectivity index (χ0) is 10.2. The second kappa shape index (κ2) is 6.75. The van der Waals surface area contributed by atoms with Gasteiger partial charge in [0.15, 0.2) is 0 Å². The third kappa shape index (κ3) is 4.55. The van der Waals surface area contributed by atoms with Crippen LogP contribution < -0.4 is 10.6 Å². The topological polar surface area (TPSA) is 70.6 Å². The number of aliphatic hydroxyl groups is 1. The second-order valence-corrected chi connectivity index (χ2v) is 3.36. The first-order chi connectivity index (χ1) is 6.83. The lowest BCUT2D eigenvalue weighted by Gasteiger charge is -2.23. The number of ether oxygens (including phenoxy) is 1. The zero-order valence-corrected chi connectivity index (χ0v) is 8.29. The van der Waals surface area contributed by atoms with Crippen LogP contribution in [0.2, 0.25) is 0 Å². The van der Waals surface area contributed by atoms with Crippen LogP contribution in [0.3, 0.4) is 0 Å². The predicted molar refractivity (Wildman–Crippen MR) is 51.9 cm³/mol. The Hall–Kier alpha value is -0.650. The Balaban J connectivity index is 2.06. The van der Waals surface area contributed by atoms with Crippen LogP contribution in [0.15, 0.2) is 0 Å². The molecule has 0 saturated carbocycles. The van der Waals surface area contributed by atoms with Gasteiger partial charge in [0.05, 0.1) is 13.2 Å². The summed E-state index contributed by atoms with van der Waals surface area (Å²) in [5.74, 6) is 0.0152. The largest absolute Gasteiger partial charge is 0.396 e. The molecule has 5 nitrogen and oxygen atoms in total. The molecular weight excluding hydrogens is 184 g/mol. The molecule has 82 valence electrons. The standard InChI is InChI=1S/C9H18N2O3/c12-4-1-2-11-9(13)6-8-7-14-5-3-10-8/h8,10,12H,1-7H2,(H,11,13). The van der Waals surface area contributed by atoms with Crippen LogP contribution in [-0.2, 0) is 9.53 Å². The highest BCUT2D eigenvalue weighted by atomic mass is 16.5. The number of amides is 1. The number of morpholine rings is 1. The van der Waals surface area contributed by atoms with Crippen LogP contribution in [0, 0.1) is 0 Å². The maximum Gasteiger partial charge on any atom is 0.221 e. The molecule has 1 fully saturated rings. The minimum atomic E-state index is 0.0152. The van der Waals surface area contributed by atoms with E-state index in [1.54, 1.807) is 0 Å². The van der Waals surface area contributed by atoms with Crippen molar-refractivity contribution >= 4 is 5.91 Å². The fourth-order valence-electron chi connectivity index (χ4n) is 1.35. The highest BCUT2D eigenvalue weighted by molar-refractivity contribution is 5.76. The zero-order valence-electron chi connectivity index (χ0n) is 8.29. The van der Waals surface area contributed by atoms with Gasteiger partial charge >= 0.3 is 0 Å². The molecule has 1 heterocycles. The first-order valence-corrected chi connectivity index (χ1v) is 5.01. The van der Waals surface area contributed by atoms with Crippen molar-refractivity contribution in [2.75, 3.05) is 32.9 Å². The van der Waals surface area contributed by atoms with Crippen molar-refractivity contribution in [3.8, 4) is 0 Å². The molecule has 1 unspecified atom stereocenters. The average Bonchev–Trinajstić information content (AvgIpc) is 2.20. The summed E-state index contributed by atoms with van der Waals surface area (Å²) in [6.45, 7) is 2.80. The van der Waals surface area contributed by atoms with Gasteiger partial charge in [-0.15, -0.1) is 0 Å². The summed E-state index contributed by atoms with van der Waals surface area (Å²) in [6, 6.07) is 0.137. The maximum absolute atomic E-state index is 11.3. The van der Waals surface area contributed by atoms with Gasteiger partial charge in [-0.25, -0.2) is 0 Å². The molecule has 14 heavy (non-hydrogen) atoms. The van der Waals surface area contributed by atoms with Gasteiger partial charge in [-0.1, -0.05) is 0 Å². The molecule has 1 saturated heterocycles. The number of aliphatic hydroxyl groups excluding tert-OH is 1. The van der Waals surface area contributed by atoms with E-state index in [1.165, 1.54) is 0 Å². The van der Waals surface area contributed by atoms with Gasteiger partial charge in [-0.2, -0.15) is 0 Å². The van der Waals surface area contributed by atoms with E-state index in [-0.39, 0.29) is 18.6 Å². The number of carbonyl (C=O) groups is 1. The third-order valence-electron chi connectivity index (χ3n) is 2.09.